The molecule has 2 aliphatic heterocycles. The zero-order valence-electron chi connectivity index (χ0n) is 24.3. The van der Waals surface area contributed by atoms with Gasteiger partial charge in [-0.15, -0.1) is 0 Å². The Hall–Kier alpha value is -3.96. The van der Waals surface area contributed by atoms with Gasteiger partial charge in [0, 0.05) is 24.2 Å². The third-order valence-electron chi connectivity index (χ3n) is 11.4. The topological polar surface area (TPSA) is 161 Å². The van der Waals surface area contributed by atoms with E-state index in [0.717, 1.165) is 49.5 Å². The van der Waals surface area contributed by atoms with E-state index in [4.69, 9.17) is 4.74 Å². The Kier molecular flexibility index (Phi) is 7.12. The van der Waals surface area contributed by atoms with E-state index in [1.54, 1.807) is 0 Å². The lowest BCUT2D eigenvalue weighted by atomic mass is 9.81. The van der Waals surface area contributed by atoms with E-state index in [-0.39, 0.29) is 83.4 Å². The Morgan fingerprint density at radius 2 is 1.39 bits per heavy atom. The van der Waals surface area contributed by atoms with Crippen LogP contribution in [0.5, 0.6) is 0 Å². The van der Waals surface area contributed by atoms with Crippen molar-refractivity contribution in [3.8, 4) is 0 Å². The van der Waals surface area contributed by atoms with Crippen LogP contribution >= 0.6 is 0 Å². The number of Topliss-reactive ketones (excluding diaryl/α,β-unsaturated/α-hetero) is 1. The standard InChI is InChI=1S/C32H35N3O9/c36-23(16-4-3-5-21(14-16)35(42)43)15-44-32(41)22(34-30(39)26-19-9-10-20(13-19)27(26)31(34)40)6-1-2-11-33-28(37)24-17-7-8-18(12-17)25(24)29(33)38/h3-5,14,17-20,22,24-27H,1-2,6-13,15H2/t17-,18-,19-,20-,22-,24-,25+,26+,27+/m0/s1. The number of imide groups is 2. The van der Waals surface area contributed by atoms with E-state index in [1.165, 1.54) is 23.1 Å². The first-order valence-corrected chi connectivity index (χ1v) is 15.8. The number of non-ortho nitro benzene ring substituents is 1. The summed E-state index contributed by atoms with van der Waals surface area (Å²) in [6.45, 7) is -0.485. The van der Waals surface area contributed by atoms with Gasteiger partial charge in [-0.1, -0.05) is 12.1 Å². The highest BCUT2D eigenvalue weighted by Crippen LogP contribution is 2.57. The number of benzene rings is 1. The first-order chi connectivity index (χ1) is 21.2. The molecule has 9 atom stereocenters. The Morgan fingerprint density at radius 3 is 1.93 bits per heavy atom. The number of hydrogen-bond donors (Lipinski definition) is 0. The number of esters is 1. The normalized spacial score (nSPS) is 33.7. The molecule has 12 heteroatoms. The van der Waals surface area contributed by atoms with E-state index in [9.17, 15) is 38.9 Å². The molecule has 1 aromatic rings. The Labute approximate surface area is 253 Å². The molecular formula is C32H35N3O9. The number of hydrogen-bond acceptors (Lipinski definition) is 9. The van der Waals surface area contributed by atoms with Crippen LogP contribution in [0.25, 0.3) is 0 Å². The Balaban J connectivity index is 1.02. The molecule has 0 N–H and O–H groups in total. The molecular weight excluding hydrogens is 570 g/mol. The molecule has 6 aliphatic rings. The van der Waals surface area contributed by atoms with Gasteiger partial charge >= 0.3 is 5.97 Å². The highest BCUT2D eigenvalue weighted by Gasteiger charge is 2.63. The molecule has 7 rings (SSSR count). The molecule has 0 spiro atoms. The maximum Gasteiger partial charge on any atom is 0.329 e. The summed E-state index contributed by atoms with van der Waals surface area (Å²) >= 11 is 0. The molecule has 2 heterocycles. The fourth-order valence-electron chi connectivity index (χ4n) is 9.50. The van der Waals surface area contributed by atoms with Crippen molar-refractivity contribution >= 4 is 41.1 Å². The predicted molar refractivity (Wildman–Crippen MR) is 150 cm³/mol. The van der Waals surface area contributed by atoms with Crippen LogP contribution in [0.15, 0.2) is 24.3 Å². The highest BCUT2D eigenvalue weighted by molar-refractivity contribution is 6.09. The lowest BCUT2D eigenvalue weighted by molar-refractivity contribution is -0.384. The first kappa shape index (κ1) is 28.8. The third kappa shape index (κ3) is 4.47. The van der Waals surface area contributed by atoms with Gasteiger partial charge in [-0.2, -0.15) is 0 Å². The maximum absolute atomic E-state index is 13.6. The summed E-state index contributed by atoms with van der Waals surface area (Å²) in [5.41, 5.74) is -0.276. The summed E-state index contributed by atoms with van der Waals surface area (Å²) in [6.07, 6.45) is 6.37. The van der Waals surface area contributed by atoms with Gasteiger partial charge in [0.1, 0.15) is 6.04 Å². The second-order valence-corrected chi connectivity index (χ2v) is 13.5. The zero-order valence-corrected chi connectivity index (χ0v) is 24.3. The van der Waals surface area contributed by atoms with Crippen molar-refractivity contribution in [3.05, 3.63) is 39.9 Å². The van der Waals surface area contributed by atoms with E-state index in [2.05, 4.69) is 0 Å². The van der Waals surface area contributed by atoms with E-state index in [0.29, 0.717) is 12.8 Å². The average molecular weight is 606 g/mol. The van der Waals surface area contributed by atoms with Crippen molar-refractivity contribution in [2.45, 2.75) is 63.8 Å². The molecule has 0 aromatic heterocycles. The summed E-state index contributed by atoms with van der Waals surface area (Å²) in [6, 6.07) is 3.84. The number of carbonyl (C=O) groups excluding carboxylic acids is 6. The number of ether oxygens (including phenoxy) is 1. The second-order valence-electron chi connectivity index (χ2n) is 13.5. The van der Waals surface area contributed by atoms with Gasteiger partial charge in [-0.05, 0) is 81.5 Å². The van der Waals surface area contributed by atoms with Gasteiger partial charge in [-0.25, -0.2) is 4.79 Å². The quantitative estimate of drug-likeness (QED) is 0.0922. The second kappa shape index (κ2) is 10.9. The number of ketones is 1. The van der Waals surface area contributed by atoms with Crippen molar-refractivity contribution in [2.24, 2.45) is 47.3 Å². The van der Waals surface area contributed by atoms with Crippen LogP contribution in [0.3, 0.4) is 0 Å². The number of likely N-dealkylation sites (tertiary alicyclic amines) is 2. The first-order valence-electron chi connectivity index (χ1n) is 15.8. The SMILES string of the molecule is O=C(COC(=O)[C@H](CCCCN1C(=O)[C@@H]2[C@H]3CC[C@@H](C3)[C@@H]2C1=O)N1C(=O)[C@@H]2[C@H]3CC[C@@H](C3)[C@H]2C1=O)c1cccc([N+](=O)[O-])c1. The van der Waals surface area contributed by atoms with Crippen molar-refractivity contribution in [1.82, 2.24) is 9.80 Å². The van der Waals surface area contributed by atoms with Gasteiger partial charge < -0.3 is 4.74 Å². The van der Waals surface area contributed by atoms with Crippen molar-refractivity contribution in [1.29, 1.82) is 0 Å². The van der Waals surface area contributed by atoms with Gasteiger partial charge in [0.25, 0.3) is 5.69 Å². The molecule has 0 unspecified atom stereocenters. The minimum atomic E-state index is -1.24. The van der Waals surface area contributed by atoms with Gasteiger partial charge in [0.05, 0.1) is 28.6 Å². The molecule has 1 aromatic carbocycles. The number of nitro groups is 1. The molecule has 4 bridgehead atoms. The monoisotopic (exact) mass is 605 g/mol. The lowest BCUT2D eigenvalue weighted by Gasteiger charge is -2.26. The highest BCUT2D eigenvalue weighted by atomic mass is 16.6. The van der Waals surface area contributed by atoms with Crippen molar-refractivity contribution < 1.29 is 38.4 Å². The molecule has 12 nitrogen and oxygen atoms in total. The Bertz CT molecular complexity index is 1420. The van der Waals surface area contributed by atoms with Gasteiger partial charge in [-0.3, -0.25) is 43.9 Å². The largest absolute Gasteiger partial charge is 0.456 e. The number of fused-ring (bicyclic) bond motifs is 10. The van der Waals surface area contributed by atoms with Crippen molar-refractivity contribution in [2.75, 3.05) is 13.2 Å². The number of unbranched alkanes of at least 4 members (excludes halogenated alkanes) is 1. The van der Waals surface area contributed by atoms with E-state index >= 15 is 0 Å². The van der Waals surface area contributed by atoms with Crippen molar-refractivity contribution in [3.63, 3.8) is 0 Å². The van der Waals surface area contributed by atoms with Crippen LogP contribution < -0.4 is 0 Å². The molecule has 0 radical (unpaired) electrons. The molecule has 4 aliphatic carbocycles. The van der Waals surface area contributed by atoms with Crippen LogP contribution in [0.4, 0.5) is 5.69 Å². The minimum absolute atomic E-state index is 0.00105. The maximum atomic E-state index is 13.6. The lowest BCUT2D eigenvalue weighted by Crippen LogP contribution is -2.47. The van der Waals surface area contributed by atoms with Crippen LogP contribution in [-0.2, 0) is 28.7 Å². The number of rotatable bonds is 11. The summed E-state index contributed by atoms with van der Waals surface area (Å²) in [5.74, 6) is -2.93. The number of carbonyl (C=O) groups is 6. The molecule has 4 saturated carbocycles. The summed E-state index contributed by atoms with van der Waals surface area (Å²) in [4.78, 5) is 92.4. The zero-order chi connectivity index (χ0) is 30.9. The molecule has 2 saturated heterocycles. The van der Waals surface area contributed by atoms with E-state index in [1.807, 2.05) is 0 Å². The fraction of sp³-hybridized carbons (Fsp3) is 0.625. The number of nitro benzene ring substituents is 1. The Morgan fingerprint density at radius 1 is 0.841 bits per heavy atom. The van der Waals surface area contributed by atoms with Crippen LogP contribution in [0.1, 0.15) is 68.1 Å². The smallest absolute Gasteiger partial charge is 0.329 e. The van der Waals surface area contributed by atoms with E-state index < -0.39 is 41.2 Å². The number of nitrogens with zero attached hydrogens (tertiary/aromatic N) is 3. The predicted octanol–water partition coefficient (Wildman–Crippen LogP) is 2.92. The third-order valence-corrected chi connectivity index (χ3v) is 11.4. The summed E-state index contributed by atoms with van der Waals surface area (Å²) in [7, 11) is 0. The molecule has 4 amide bonds. The molecule has 44 heavy (non-hydrogen) atoms. The van der Waals surface area contributed by atoms with Crippen LogP contribution in [-0.4, -0.2) is 69.3 Å². The number of amides is 4. The molecule has 6 fully saturated rings. The summed E-state index contributed by atoms with van der Waals surface area (Å²) < 4.78 is 5.34. The average Bonchev–Trinajstić information content (AvgIpc) is 3.87. The van der Waals surface area contributed by atoms with Gasteiger partial charge in [0.2, 0.25) is 29.4 Å². The van der Waals surface area contributed by atoms with Crippen LogP contribution in [0, 0.1) is 57.5 Å². The van der Waals surface area contributed by atoms with Gasteiger partial charge in [0.15, 0.2) is 6.61 Å². The molecule has 232 valence electrons. The fourth-order valence-corrected chi connectivity index (χ4v) is 9.50. The van der Waals surface area contributed by atoms with Crippen LogP contribution in [0.2, 0.25) is 0 Å². The minimum Gasteiger partial charge on any atom is -0.456 e. The summed E-state index contributed by atoms with van der Waals surface area (Å²) in [5, 5.41) is 11.1.